The molecular formula is C15H17F3O3. The van der Waals surface area contributed by atoms with Crippen LogP contribution in [0.4, 0.5) is 13.2 Å². The van der Waals surface area contributed by atoms with Crippen LogP contribution in [0.5, 0.6) is 0 Å². The zero-order valence-electron chi connectivity index (χ0n) is 11.8. The summed E-state index contributed by atoms with van der Waals surface area (Å²) in [5.41, 5.74) is 0.819. The van der Waals surface area contributed by atoms with Gasteiger partial charge in [0.05, 0.1) is 13.2 Å². The maximum absolute atomic E-state index is 12.3. The van der Waals surface area contributed by atoms with E-state index in [1.807, 2.05) is 6.07 Å². The zero-order valence-corrected chi connectivity index (χ0v) is 11.8. The number of esters is 1. The molecule has 0 N–H and O–H groups in total. The lowest BCUT2D eigenvalue weighted by atomic mass is 9.95. The van der Waals surface area contributed by atoms with E-state index in [0.29, 0.717) is 0 Å². The van der Waals surface area contributed by atoms with E-state index < -0.39 is 24.9 Å². The number of ether oxygens (including phenoxy) is 2. The van der Waals surface area contributed by atoms with Crippen molar-refractivity contribution in [1.29, 1.82) is 0 Å². The molecule has 6 heteroatoms. The van der Waals surface area contributed by atoms with Crippen molar-refractivity contribution in [2.24, 2.45) is 0 Å². The number of benzene rings is 1. The van der Waals surface area contributed by atoms with Crippen LogP contribution in [0.1, 0.15) is 18.4 Å². The number of carbonyl (C=O) groups is 1. The second-order valence-electron chi connectivity index (χ2n) is 4.45. The highest BCUT2D eigenvalue weighted by atomic mass is 19.4. The fourth-order valence-electron chi connectivity index (χ4n) is 1.74. The molecule has 2 atom stereocenters. The van der Waals surface area contributed by atoms with E-state index in [-0.39, 0.29) is 12.0 Å². The molecule has 3 nitrogen and oxygen atoms in total. The van der Waals surface area contributed by atoms with Crippen LogP contribution in [0.25, 0.3) is 0 Å². The molecule has 21 heavy (non-hydrogen) atoms. The van der Waals surface area contributed by atoms with Crippen molar-refractivity contribution >= 4 is 5.97 Å². The molecular weight excluding hydrogens is 285 g/mol. The molecule has 1 aromatic carbocycles. The Balaban J connectivity index is 2.85. The lowest BCUT2D eigenvalue weighted by Gasteiger charge is -2.21. The van der Waals surface area contributed by atoms with Crippen molar-refractivity contribution in [3.8, 4) is 0 Å². The molecule has 0 radical (unpaired) electrons. The standard InChI is InChI=1S/C15H17F3O3/c1-11(12-6-4-3-5-7-12)13(8-9-15(16,17)18)21-10-14(19)20-2/h3-9,11,13H,10H2,1-2H3/b9-8-. The number of rotatable bonds is 6. The summed E-state index contributed by atoms with van der Waals surface area (Å²) in [6.07, 6.45) is -4.27. The Kier molecular flexibility index (Phi) is 6.42. The van der Waals surface area contributed by atoms with Gasteiger partial charge in [-0.05, 0) is 5.56 Å². The molecule has 0 aromatic heterocycles. The van der Waals surface area contributed by atoms with E-state index in [1.54, 1.807) is 31.2 Å². The Labute approximate surface area is 121 Å². The van der Waals surface area contributed by atoms with Gasteiger partial charge in [-0.25, -0.2) is 4.79 Å². The van der Waals surface area contributed by atoms with E-state index in [2.05, 4.69) is 4.74 Å². The fraction of sp³-hybridized carbons (Fsp3) is 0.400. The molecule has 0 fully saturated rings. The second kappa shape index (κ2) is 7.83. The van der Waals surface area contributed by atoms with Gasteiger partial charge in [-0.15, -0.1) is 0 Å². The minimum absolute atomic E-state index is 0.119. The molecule has 2 unspecified atom stereocenters. The Morgan fingerprint density at radius 2 is 1.90 bits per heavy atom. The van der Waals surface area contributed by atoms with Gasteiger partial charge >= 0.3 is 12.1 Å². The van der Waals surface area contributed by atoms with Crippen molar-refractivity contribution in [3.05, 3.63) is 48.0 Å². The third kappa shape index (κ3) is 6.44. The van der Waals surface area contributed by atoms with Crippen LogP contribution in [-0.4, -0.2) is 32.0 Å². The molecule has 0 amide bonds. The van der Waals surface area contributed by atoms with Crippen molar-refractivity contribution in [3.63, 3.8) is 0 Å². The molecule has 0 bridgehead atoms. The highest BCUT2D eigenvalue weighted by Crippen LogP contribution is 2.24. The van der Waals surface area contributed by atoms with Crippen LogP contribution >= 0.6 is 0 Å². The highest BCUT2D eigenvalue weighted by Gasteiger charge is 2.25. The Morgan fingerprint density at radius 3 is 2.43 bits per heavy atom. The third-order valence-electron chi connectivity index (χ3n) is 2.91. The van der Waals surface area contributed by atoms with Crippen molar-refractivity contribution in [2.45, 2.75) is 25.1 Å². The van der Waals surface area contributed by atoms with Crippen LogP contribution in [0.15, 0.2) is 42.5 Å². The van der Waals surface area contributed by atoms with Crippen LogP contribution in [0, 0.1) is 0 Å². The summed E-state index contributed by atoms with van der Waals surface area (Å²) >= 11 is 0. The smallest absolute Gasteiger partial charge is 0.409 e. The maximum atomic E-state index is 12.3. The summed E-state index contributed by atoms with van der Waals surface area (Å²) < 4.78 is 46.6. The van der Waals surface area contributed by atoms with Gasteiger partial charge < -0.3 is 9.47 Å². The largest absolute Gasteiger partial charge is 0.467 e. The van der Waals surface area contributed by atoms with Crippen molar-refractivity contribution < 1.29 is 27.4 Å². The number of halogens is 3. The van der Waals surface area contributed by atoms with Gasteiger partial charge in [0.2, 0.25) is 0 Å². The summed E-state index contributed by atoms with van der Waals surface area (Å²) in [6, 6.07) is 8.97. The Bertz CT molecular complexity index is 469. The predicted octanol–water partition coefficient (Wildman–Crippen LogP) is 3.47. The van der Waals surface area contributed by atoms with Gasteiger partial charge in [0.1, 0.15) is 6.61 Å². The molecule has 0 saturated carbocycles. The van der Waals surface area contributed by atoms with E-state index in [9.17, 15) is 18.0 Å². The first-order chi connectivity index (χ1) is 9.83. The summed E-state index contributed by atoms with van der Waals surface area (Å²) in [5.74, 6) is -0.977. The molecule has 0 spiro atoms. The first kappa shape index (κ1) is 17.2. The number of methoxy groups -OCH3 is 1. The first-order valence-corrected chi connectivity index (χ1v) is 6.33. The molecule has 116 valence electrons. The van der Waals surface area contributed by atoms with Gasteiger partial charge in [-0.1, -0.05) is 43.3 Å². The van der Waals surface area contributed by atoms with E-state index in [4.69, 9.17) is 4.74 Å². The number of carbonyl (C=O) groups excluding carboxylic acids is 1. The summed E-state index contributed by atoms with van der Waals surface area (Å²) in [5, 5.41) is 0. The predicted molar refractivity (Wildman–Crippen MR) is 71.8 cm³/mol. The Morgan fingerprint density at radius 1 is 1.29 bits per heavy atom. The topological polar surface area (TPSA) is 35.5 Å². The SMILES string of the molecule is COC(=O)COC(/C=C\C(F)(F)F)C(C)c1ccccc1. The first-order valence-electron chi connectivity index (χ1n) is 6.33. The van der Waals surface area contributed by atoms with Crippen LogP contribution in [-0.2, 0) is 14.3 Å². The maximum Gasteiger partial charge on any atom is 0.409 e. The van der Waals surface area contributed by atoms with Gasteiger partial charge in [-0.2, -0.15) is 13.2 Å². The zero-order chi connectivity index (χ0) is 15.9. The molecule has 0 aliphatic rings. The van der Waals surface area contributed by atoms with Crippen molar-refractivity contribution in [2.75, 3.05) is 13.7 Å². The van der Waals surface area contributed by atoms with E-state index in [1.165, 1.54) is 7.11 Å². The van der Waals surface area contributed by atoms with Gasteiger partial charge in [-0.3, -0.25) is 0 Å². The summed E-state index contributed by atoms with van der Waals surface area (Å²) in [7, 11) is 1.19. The van der Waals surface area contributed by atoms with Gasteiger partial charge in [0.15, 0.2) is 0 Å². The van der Waals surface area contributed by atoms with Crippen molar-refractivity contribution in [1.82, 2.24) is 0 Å². The molecule has 0 heterocycles. The Hall–Kier alpha value is -1.82. The minimum Gasteiger partial charge on any atom is -0.467 e. The number of alkyl halides is 3. The quantitative estimate of drug-likeness (QED) is 0.596. The molecule has 0 aliphatic heterocycles. The van der Waals surface area contributed by atoms with Crippen LogP contribution in [0.2, 0.25) is 0 Å². The second-order valence-corrected chi connectivity index (χ2v) is 4.45. The van der Waals surface area contributed by atoms with Gasteiger partial charge in [0.25, 0.3) is 0 Å². The summed E-state index contributed by atoms with van der Waals surface area (Å²) in [4.78, 5) is 11.1. The molecule has 1 rings (SSSR count). The fourth-order valence-corrected chi connectivity index (χ4v) is 1.74. The van der Waals surface area contributed by atoms with Gasteiger partial charge in [0, 0.05) is 12.0 Å². The normalized spacial score (nSPS) is 14.9. The van der Waals surface area contributed by atoms with Crippen LogP contribution in [0.3, 0.4) is 0 Å². The average molecular weight is 302 g/mol. The van der Waals surface area contributed by atoms with Crippen LogP contribution < -0.4 is 0 Å². The number of hydrogen-bond donors (Lipinski definition) is 0. The molecule has 0 saturated heterocycles. The van der Waals surface area contributed by atoms with E-state index in [0.717, 1.165) is 11.6 Å². The molecule has 0 aliphatic carbocycles. The lowest BCUT2D eigenvalue weighted by molar-refractivity contribution is -0.147. The molecule has 1 aromatic rings. The average Bonchev–Trinajstić information content (AvgIpc) is 2.46. The summed E-state index contributed by atoms with van der Waals surface area (Å²) in [6.45, 7) is 1.33. The minimum atomic E-state index is -4.43. The lowest BCUT2D eigenvalue weighted by Crippen LogP contribution is -2.23. The number of hydrogen-bond acceptors (Lipinski definition) is 3. The van der Waals surface area contributed by atoms with E-state index >= 15 is 0 Å². The number of allylic oxidation sites excluding steroid dienone is 1. The highest BCUT2D eigenvalue weighted by molar-refractivity contribution is 5.70. The monoisotopic (exact) mass is 302 g/mol. The third-order valence-corrected chi connectivity index (χ3v) is 2.91.